The molecule has 6 heteroatoms. The zero-order valence-corrected chi connectivity index (χ0v) is 30.3. The number of rotatable bonds is 26. The summed E-state index contributed by atoms with van der Waals surface area (Å²) in [6.07, 6.45) is 28.1. The van der Waals surface area contributed by atoms with Crippen LogP contribution in [0.1, 0.15) is 153 Å². The lowest BCUT2D eigenvalue weighted by atomic mass is 9.78. The summed E-state index contributed by atoms with van der Waals surface area (Å²) in [6, 6.07) is 20.1. The first-order chi connectivity index (χ1) is 23.4. The number of hydrogen-bond donors (Lipinski definition) is 4. The molecule has 0 saturated carbocycles. The van der Waals surface area contributed by atoms with Crippen LogP contribution in [0.5, 0.6) is 0 Å². The summed E-state index contributed by atoms with van der Waals surface area (Å²) >= 11 is 0. The van der Waals surface area contributed by atoms with E-state index in [9.17, 15) is 20.1 Å². The van der Waals surface area contributed by atoms with Crippen molar-refractivity contribution in [1.82, 2.24) is 0 Å². The first kappa shape index (κ1) is 40.1. The fourth-order valence-corrected chi connectivity index (χ4v) is 6.92. The quantitative estimate of drug-likeness (QED) is 0.0514. The van der Waals surface area contributed by atoms with Gasteiger partial charge in [-0.2, -0.15) is 0 Å². The number of unbranched alkanes of at least 4 members (excludes halogenated alkanes) is 18. The molecular formula is C42H64B2O4. The van der Waals surface area contributed by atoms with Gasteiger partial charge < -0.3 is 20.1 Å². The Morgan fingerprint density at radius 2 is 0.646 bits per heavy atom. The Morgan fingerprint density at radius 1 is 0.375 bits per heavy atom. The highest BCUT2D eigenvalue weighted by Crippen LogP contribution is 2.34. The standard InChI is InChI=1S/C42H64B2O4/c1-3-5-7-9-11-13-15-17-19-21-23-37-33-42(36-27-31-40(32-28-36)44(47)48)38(24-22-20-18-16-14-12-10-8-6-4-2)34-41(37)35-25-29-39(30-26-35)43(45)46/h25-34,45-48H,3-24H2,1-2H3. The molecule has 3 aromatic rings. The lowest BCUT2D eigenvalue weighted by Crippen LogP contribution is -2.29. The van der Waals surface area contributed by atoms with Gasteiger partial charge in [0.2, 0.25) is 0 Å². The lowest BCUT2D eigenvalue weighted by Gasteiger charge is -2.18. The molecule has 0 bridgehead atoms. The monoisotopic (exact) mass is 654 g/mol. The van der Waals surface area contributed by atoms with Crippen LogP contribution in [0.2, 0.25) is 0 Å². The molecule has 48 heavy (non-hydrogen) atoms. The van der Waals surface area contributed by atoms with E-state index in [2.05, 4.69) is 26.0 Å². The molecule has 4 nitrogen and oxygen atoms in total. The molecule has 262 valence electrons. The van der Waals surface area contributed by atoms with E-state index in [0.29, 0.717) is 10.9 Å². The van der Waals surface area contributed by atoms with Crippen molar-refractivity contribution < 1.29 is 20.1 Å². The Bertz CT molecular complexity index is 1160. The Labute approximate surface area is 293 Å². The van der Waals surface area contributed by atoms with Crippen LogP contribution in [0.25, 0.3) is 22.3 Å². The van der Waals surface area contributed by atoms with Gasteiger partial charge in [-0.15, -0.1) is 0 Å². The summed E-state index contributed by atoms with van der Waals surface area (Å²) in [5, 5.41) is 38.8. The fraction of sp³-hybridized carbons (Fsp3) is 0.571. The zero-order valence-electron chi connectivity index (χ0n) is 30.3. The molecule has 0 aliphatic rings. The average Bonchev–Trinajstić information content (AvgIpc) is 3.10. The van der Waals surface area contributed by atoms with Crippen LogP contribution in [-0.4, -0.2) is 34.3 Å². The largest absolute Gasteiger partial charge is 0.488 e. The average molecular weight is 655 g/mol. The minimum absolute atomic E-state index is 0.503. The Hall–Kier alpha value is -2.37. The van der Waals surface area contributed by atoms with Gasteiger partial charge >= 0.3 is 14.2 Å². The third kappa shape index (κ3) is 14.6. The Kier molecular flexibility index (Phi) is 19.9. The molecule has 0 saturated heterocycles. The summed E-state index contributed by atoms with van der Waals surface area (Å²) in [6.45, 7) is 4.54. The van der Waals surface area contributed by atoms with Gasteiger partial charge in [-0.3, -0.25) is 0 Å². The second-order valence-electron chi connectivity index (χ2n) is 14.0. The summed E-state index contributed by atoms with van der Waals surface area (Å²) in [7, 11) is -2.94. The van der Waals surface area contributed by atoms with E-state index in [4.69, 9.17) is 0 Å². The van der Waals surface area contributed by atoms with Gasteiger partial charge in [0.15, 0.2) is 0 Å². The van der Waals surface area contributed by atoms with Gasteiger partial charge in [0.05, 0.1) is 0 Å². The van der Waals surface area contributed by atoms with E-state index >= 15 is 0 Å². The molecule has 0 aliphatic heterocycles. The van der Waals surface area contributed by atoms with Crippen molar-refractivity contribution in [3.8, 4) is 22.3 Å². The van der Waals surface area contributed by atoms with E-state index in [1.807, 2.05) is 48.5 Å². The van der Waals surface area contributed by atoms with E-state index in [-0.39, 0.29) is 0 Å². The highest BCUT2D eigenvalue weighted by molar-refractivity contribution is 6.59. The van der Waals surface area contributed by atoms with Crippen molar-refractivity contribution in [3.63, 3.8) is 0 Å². The molecule has 0 fully saturated rings. The van der Waals surface area contributed by atoms with Crippen LogP contribution >= 0.6 is 0 Å². The molecular weight excluding hydrogens is 590 g/mol. The van der Waals surface area contributed by atoms with Gasteiger partial charge in [0, 0.05) is 0 Å². The van der Waals surface area contributed by atoms with Gasteiger partial charge in [-0.25, -0.2) is 0 Å². The van der Waals surface area contributed by atoms with Crippen LogP contribution in [0, 0.1) is 0 Å². The third-order valence-electron chi connectivity index (χ3n) is 9.97. The van der Waals surface area contributed by atoms with Crippen molar-refractivity contribution in [1.29, 1.82) is 0 Å². The van der Waals surface area contributed by atoms with Gasteiger partial charge in [0.1, 0.15) is 0 Å². The maximum absolute atomic E-state index is 9.71. The van der Waals surface area contributed by atoms with Crippen LogP contribution in [-0.2, 0) is 12.8 Å². The van der Waals surface area contributed by atoms with Crippen LogP contribution < -0.4 is 10.9 Å². The maximum atomic E-state index is 9.71. The highest BCUT2D eigenvalue weighted by atomic mass is 16.4. The number of aryl methyl sites for hydroxylation is 2. The molecule has 4 N–H and O–H groups in total. The van der Waals surface area contributed by atoms with E-state index < -0.39 is 14.2 Å². The highest BCUT2D eigenvalue weighted by Gasteiger charge is 2.17. The van der Waals surface area contributed by atoms with Crippen molar-refractivity contribution >= 4 is 25.2 Å². The molecule has 3 aromatic carbocycles. The predicted octanol–water partition coefficient (Wildman–Crippen LogP) is 9.31. The van der Waals surface area contributed by atoms with Crippen LogP contribution in [0.4, 0.5) is 0 Å². The molecule has 0 atom stereocenters. The minimum atomic E-state index is -1.47. The molecule has 0 aliphatic carbocycles. The fourth-order valence-electron chi connectivity index (χ4n) is 6.92. The third-order valence-corrected chi connectivity index (χ3v) is 9.97. The van der Waals surface area contributed by atoms with E-state index in [1.165, 1.54) is 138 Å². The van der Waals surface area contributed by atoms with Gasteiger partial charge in [0.25, 0.3) is 0 Å². The van der Waals surface area contributed by atoms with Crippen molar-refractivity contribution in [2.75, 3.05) is 0 Å². The summed E-state index contributed by atoms with van der Waals surface area (Å²) in [5.41, 5.74) is 8.33. The lowest BCUT2D eigenvalue weighted by molar-refractivity contribution is 0.424. The molecule has 0 aromatic heterocycles. The molecule has 3 rings (SSSR count). The van der Waals surface area contributed by atoms with Crippen LogP contribution in [0.3, 0.4) is 0 Å². The van der Waals surface area contributed by atoms with Gasteiger partial charge in [-0.05, 0) is 70.0 Å². The predicted molar refractivity (Wildman–Crippen MR) is 208 cm³/mol. The maximum Gasteiger partial charge on any atom is 0.488 e. The van der Waals surface area contributed by atoms with Crippen molar-refractivity contribution in [2.24, 2.45) is 0 Å². The summed E-state index contributed by atoms with van der Waals surface area (Å²) in [5.74, 6) is 0. The molecule has 0 spiro atoms. The molecule has 0 unspecified atom stereocenters. The molecule has 0 amide bonds. The first-order valence-electron chi connectivity index (χ1n) is 19.5. The molecule has 0 radical (unpaired) electrons. The van der Waals surface area contributed by atoms with Crippen molar-refractivity contribution in [3.05, 3.63) is 71.8 Å². The summed E-state index contributed by atoms with van der Waals surface area (Å²) < 4.78 is 0. The SMILES string of the molecule is CCCCCCCCCCCCc1cc(-c2ccc(B(O)O)cc2)c(CCCCCCCCCCCC)cc1-c1ccc(B(O)O)cc1. The van der Waals surface area contributed by atoms with E-state index in [0.717, 1.165) is 36.8 Å². The number of benzene rings is 3. The van der Waals surface area contributed by atoms with Gasteiger partial charge in [-0.1, -0.05) is 190 Å². The van der Waals surface area contributed by atoms with Crippen molar-refractivity contribution in [2.45, 2.75) is 155 Å². The second kappa shape index (κ2) is 23.9. The van der Waals surface area contributed by atoms with Crippen LogP contribution in [0.15, 0.2) is 60.7 Å². The van der Waals surface area contributed by atoms with E-state index in [1.54, 1.807) is 0 Å². The normalized spacial score (nSPS) is 11.3. The Morgan fingerprint density at radius 3 is 0.917 bits per heavy atom. The minimum Gasteiger partial charge on any atom is -0.423 e. The first-order valence-corrected chi connectivity index (χ1v) is 19.5. The number of hydrogen-bond acceptors (Lipinski definition) is 4. The smallest absolute Gasteiger partial charge is 0.423 e. The Balaban J connectivity index is 1.77. The second-order valence-corrected chi connectivity index (χ2v) is 14.0. The zero-order chi connectivity index (χ0) is 34.4. The molecule has 0 heterocycles. The topological polar surface area (TPSA) is 80.9 Å². The summed E-state index contributed by atoms with van der Waals surface area (Å²) in [4.78, 5) is 0.